The average Bonchev–Trinajstić information content (AvgIpc) is 2.38. The normalized spacial score (nSPS) is 18.0. The molecule has 1 aliphatic heterocycles. The minimum atomic E-state index is -1.13. The summed E-state index contributed by atoms with van der Waals surface area (Å²) in [6.07, 6.45) is 1.87. The second-order valence-electron chi connectivity index (χ2n) is 5.27. The molecule has 1 heterocycles. The Bertz CT molecular complexity index is 470. The summed E-state index contributed by atoms with van der Waals surface area (Å²) in [6, 6.07) is 3.78. The van der Waals surface area contributed by atoms with E-state index in [1.807, 2.05) is 0 Å². The van der Waals surface area contributed by atoms with Gasteiger partial charge in [-0.05, 0) is 36.5 Å². The van der Waals surface area contributed by atoms with E-state index in [1.54, 1.807) is 0 Å². The minimum absolute atomic E-state index is 0.0318. The highest BCUT2D eigenvalue weighted by atomic mass is 19.1. The highest BCUT2D eigenvalue weighted by Crippen LogP contribution is 2.30. The Balaban J connectivity index is 2.08. The molecule has 1 aromatic carbocycles. The number of carbonyl (C=O) groups is 1. The lowest BCUT2D eigenvalue weighted by molar-refractivity contribution is 0.0299. The molecule has 1 aliphatic rings. The molecule has 2 rings (SSSR count). The topological polar surface area (TPSA) is 58.6 Å². The van der Waals surface area contributed by atoms with Crippen molar-refractivity contribution in [2.24, 2.45) is 5.41 Å². The second kappa shape index (κ2) is 5.57. The zero-order valence-corrected chi connectivity index (χ0v) is 10.9. The van der Waals surface area contributed by atoms with Gasteiger partial charge in [-0.1, -0.05) is 6.92 Å². The van der Waals surface area contributed by atoms with Gasteiger partial charge in [-0.15, -0.1) is 0 Å². The minimum Gasteiger partial charge on any atom is -0.478 e. The number of aromatic carboxylic acids is 1. The zero-order chi connectivity index (χ0) is 13.9. The van der Waals surface area contributed by atoms with Crippen molar-refractivity contribution >= 4 is 11.7 Å². The van der Waals surface area contributed by atoms with Crippen molar-refractivity contribution in [3.05, 3.63) is 29.6 Å². The first-order valence-electron chi connectivity index (χ1n) is 6.35. The van der Waals surface area contributed by atoms with Crippen LogP contribution >= 0.6 is 0 Å². The summed E-state index contributed by atoms with van der Waals surface area (Å²) in [6.45, 7) is 4.26. The number of rotatable bonds is 4. The Morgan fingerprint density at radius 1 is 1.47 bits per heavy atom. The highest BCUT2D eigenvalue weighted by Gasteiger charge is 2.27. The Kier molecular flexibility index (Phi) is 4.04. The van der Waals surface area contributed by atoms with E-state index in [2.05, 4.69) is 12.2 Å². The van der Waals surface area contributed by atoms with E-state index >= 15 is 0 Å². The first-order valence-corrected chi connectivity index (χ1v) is 6.35. The van der Waals surface area contributed by atoms with Crippen LogP contribution in [0.15, 0.2) is 18.2 Å². The number of benzene rings is 1. The van der Waals surface area contributed by atoms with Crippen molar-refractivity contribution < 1.29 is 19.0 Å². The number of carboxylic acids is 1. The van der Waals surface area contributed by atoms with Gasteiger partial charge >= 0.3 is 5.97 Å². The van der Waals surface area contributed by atoms with Crippen LogP contribution in [-0.2, 0) is 4.74 Å². The van der Waals surface area contributed by atoms with Crippen LogP contribution in [0.5, 0.6) is 0 Å². The van der Waals surface area contributed by atoms with E-state index in [0.717, 1.165) is 32.1 Å². The number of anilines is 1. The molecule has 0 aliphatic carbocycles. The van der Waals surface area contributed by atoms with Crippen LogP contribution in [0.1, 0.15) is 30.1 Å². The van der Waals surface area contributed by atoms with Crippen molar-refractivity contribution in [1.82, 2.24) is 0 Å². The summed E-state index contributed by atoms with van der Waals surface area (Å²) < 4.78 is 18.4. The Hall–Kier alpha value is -1.62. The average molecular weight is 267 g/mol. The maximum atomic E-state index is 13.1. The summed E-state index contributed by atoms with van der Waals surface area (Å²) >= 11 is 0. The number of hydrogen-bond acceptors (Lipinski definition) is 3. The summed E-state index contributed by atoms with van der Waals surface area (Å²) in [5, 5.41) is 12.2. The van der Waals surface area contributed by atoms with Gasteiger partial charge in [-0.25, -0.2) is 9.18 Å². The van der Waals surface area contributed by atoms with Gasteiger partial charge in [0.25, 0.3) is 0 Å². The second-order valence-corrected chi connectivity index (χ2v) is 5.27. The summed E-state index contributed by atoms with van der Waals surface area (Å²) in [5.41, 5.74) is 0.514. The van der Waals surface area contributed by atoms with E-state index < -0.39 is 11.8 Å². The third kappa shape index (κ3) is 3.44. The number of hydrogen-bond donors (Lipinski definition) is 2. The smallest absolute Gasteiger partial charge is 0.337 e. The summed E-state index contributed by atoms with van der Waals surface area (Å²) in [5.74, 6) is -1.67. The molecule has 1 aromatic rings. The molecule has 0 atom stereocenters. The fourth-order valence-electron chi connectivity index (χ4n) is 2.20. The molecule has 0 radical (unpaired) electrons. The van der Waals surface area contributed by atoms with Crippen molar-refractivity contribution in [2.75, 3.05) is 25.1 Å². The van der Waals surface area contributed by atoms with Crippen LogP contribution < -0.4 is 5.32 Å². The van der Waals surface area contributed by atoms with Gasteiger partial charge in [0.05, 0.1) is 5.56 Å². The molecule has 0 bridgehead atoms. The molecule has 0 saturated carbocycles. The first-order chi connectivity index (χ1) is 9.00. The van der Waals surface area contributed by atoms with Crippen LogP contribution in [0.25, 0.3) is 0 Å². The maximum Gasteiger partial charge on any atom is 0.337 e. The maximum absolute atomic E-state index is 13.1. The van der Waals surface area contributed by atoms with Gasteiger partial charge in [0, 0.05) is 25.4 Å². The molecule has 2 N–H and O–H groups in total. The lowest BCUT2D eigenvalue weighted by Gasteiger charge is -2.34. The van der Waals surface area contributed by atoms with Crippen molar-refractivity contribution in [1.29, 1.82) is 0 Å². The standard InChI is InChI=1S/C14H18FNO3/c1-14(4-6-19-7-5-14)9-16-12-3-2-10(15)8-11(12)13(17)18/h2-3,8,16H,4-7,9H2,1H3,(H,17,18). The van der Waals surface area contributed by atoms with E-state index in [1.165, 1.54) is 12.1 Å². The molecule has 19 heavy (non-hydrogen) atoms. The molecule has 0 spiro atoms. The molecule has 0 aromatic heterocycles. The third-order valence-corrected chi connectivity index (χ3v) is 3.62. The Labute approximate surface area is 111 Å². The van der Waals surface area contributed by atoms with E-state index in [4.69, 9.17) is 9.84 Å². The number of nitrogens with one attached hydrogen (secondary N) is 1. The van der Waals surface area contributed by atoms with Gasteiger partial charge in [0.15, 0.2) is 0 Å². The van der Waals surface area contributed by atoms with E-state index in [0.29, 0.717) is 12.2 Å². The third-order valence-electron chi connectivity index (χ3n) is 3.62. The van der Waals surface area contributed by atoms with Gasteiger partial charge in [-0.3, -0.25) is 0 Å². The van der Waals surface area contributed by atoms with Crippen molar-refractivity contribution in [3.8, 4) is 0 Å². The summed E-state index contributed by atoms with van der Waals surface area (Å²) in [4.78, 5) is 11.1. The van der Waals surface area contributed by atoms with Gasteiger partial charge < -0.3 is 15.2 Å². The molecule has 1 saturated heterocycles. The molecule has 4 nitrogen and oxygen atoms in total. The number of ether oxygens (including phenoxy) is 1. The lowest BCUT2D eigenvalue weighted by atomic mass is 9.82. The Morgan fingerprint density at radius 3 is 2.79 bits per heavy atom. The zero-order valence-electron chi connectivity index (χ0n) is 10.9. The number of halogens is 1. The van der Waals surface area contributed by atoms with Gasteiger partial charge in [0.1, 0.15) is 5.82 Å². The quantitative estimate of drug-likeness (QED) is 0.880. The molecular weight excluding hydrogens is 249 g/mol. The predicted molar refractivity (Wildman–Crippen MR) is 70.0 cm³/mol. The molecule has 0 amide bonds. The molecule has 104 valence electrons. The SMILES string of the molecule is CC1(CNc2ccc(F)cc2C(=O)O)CCOCC1. The van der Waals surface area contributed by atoms with Gasteiger partial charge in [-0.2, -0.15) is 0 Å². The van der Waals surface area contributed by atoms with E-state index in [-0.39, 0.29) is 11.0 Å². The lowest BCUT2D eigenvalue weighted by Crippen LogP contribution is -2.33. The van der Waals surface area contributed by atoms with Gasteiger partial charge in [0.2, 0.25) is 0 Å². The molecular formula is C14H18FNO3. The molecule has 5 heteroatoms. The van der Waals surface area contributed by atoms with E-state index in [9.17, 15) is 9.18 Å². The predicted octanol–water partition coefficient (Wildman–Crippen LogP) is 2.75. The summed E-state index contributed by atoms with van der Waals surface area (Å²) in [7, 11) is 0. The fourth-order valence-corrected chi connectivity index (χ4v) is 2.20. The van der Waals surface area contributed by atoms with Crippen molar-refractivity contribution in [2.45, 2.75) is 19.8 Å². The van der Waals surface area contributed by atoms with Crippen molar-refractivity contribution in [3.63, 3.8) is 0 Å². The number of carboxylic acid groups (broad SMARTS) is 1. The van der Waals surface area contributed by atoms with Crippen LogP contribution in [0.3, 0.4) is 0 Å². The molecule has 0 unspecified atom stereocenters. The van der Waals surface area contributed by atoms with Crippen LogP contribution in [0.2, 0.25) is 0 Å². The monoisotopic (exact) mass is 267 g/mol. The van der Waals surface area contributed by atoms with Crippen LogP contribution in [-0.4, -0.2) is 30.8 Å². The largest absolute Gasteiger partial charge is 0.478 e. The fraction of sp³-hybridized carbons (Fsp3) is 0.500. The van der Waals surface area contributed by atoms with Crippen LogP contribution in [0, 0.1) is 11.2 Å². The van der Waals surface area contributed by atoms with Crippen LogP contribution in [0.4, 0.5) is 10.1 Å². The Morgan fingerprint density at radius 2 is 2.16 bits per heavy atom. The molecule has 1 fully saturated rings. The first kappa shape index (κ1) is 13.8. The highest BCUT2D eigenvalue weighted by molar-refractivity contribution is 5.94.